The van der Waals surface area contributed by atoms with E-state index in [1.54, 1.807) is 10.6 Å². The van der Waals surface area contributed by atoms with Crippen LogP contribution in [0, 0.1) is 0 Å². The van der Waals surface area contributed by atoms with Crippen LogP contribution in [0.2, 0.25) is 0 Å². The van der Waals surface area contributed by atoms with Crippen molar-refractivity contribution in [1.82, 2.24) is 14.6 Å². The van der Waals surface area contributed by atoms with Gasteiger partial charge in [0.2, 0.25) is 0 Å². The lowest BCUT2D eigenvalue weighted by Crippen LogP contribution is -2.25. The van der Waals surface area contributed by atoms with E-state index in [2.05, 4.69) is 10.2 Å². The largest absolute Gasteiger partial charge is 0.478 e. The lowest BCUT2D eigenvalue weighted by atomic mass is 10.0. The average molecular weight is 295 g/mol. The summed E-state index contributed by atoms with van der Waals surface area (Å²) in [6.45, 7) is 0. The maximum absolute atomic E-state index is 11.7. The number of carboxylic acid groups (broad SMARTS) is 1. The molecule has 0 spiro atoms. The van der Waals surface area contributed by atoms with Crippen molar-refractivity contribution in [2.75, 3.05) is 11.5 Å². The van der Waals surface area contributed by atoms with Gasteiger partial charge in [-0.1, -0.05) is 0 Å². The second-order valence-electron chi connectivity index (χ2n) is 4.96. The van der Waals surface area contributed by atoms with Crippen molar-refractivity contribution in [2.24, 2.45) is 0 Å². The summed E-state index contributed by atoms with van der Waals surface area (Å²) in [5, 5.41) is 16.9. The van der Waals surface area contributed by atoms with Gasteiger partial charge in [0.25, 0.3) is 0 Å². The molecule has 3 rings (SSSR count). The molecule has 1 unspecified atom stereocenters. The maximum atomic E-state index is 11.7. The Morgan fingerprint density at radius 1 is 1.40 bits per heavy atom. The van der Waals surface area contributed by atoms with Gasteiger partial charge in [-0.15, -0.1) is 10.2 Å². The van der Waals surface area contributed by atoms with E-state index in [0.717, 1.165) is 6.42 Å². The standard InChI is InChI=1S/C12H13N3O4S/c16-12(17)8-3-4-15-10(6-8)13-14-11(15)9-2-1-5-20(18,19)7-9/h3-4,6,9H,1-2,5,7H2,(H,16,17). The van der Waals surface area contributed by atoms with Crippen LogP contribution in [-0.4, -0.2) is 45.6 Å². The second kappa shape index (κ2) is 4.55. The fraction of sp³-hybridized carbons (Fsp3) is 0.417. The molecule has 1 fully saturated rings. The second-order valence-corrected chi connectivity index (χ2v) is 7.19. The quantitative estimate of drug-likeness (QED) is 0.876. The average Bonchev–Trinajstić information content (AvgIpc) is 2.80. The first-order valence-electron chi connectivity index (χ1n) is 6.25. The van der Waals surface area contributed by atoms with Gasteiger partial charge in [0.05, 0.1) is 17.1 Å². The van der Waals surface area contributed by atoms with E-state index in [1.807, 2.05) is 0 Å². The zero-order chi connectivity index (χ0) is 14.3. The molecule has 2 aromatic heterocycles. The highest BCUT2D eigenvalue weighted by atomic mass is 32.2. The first-order valence-corrected chi connectivity index (χ1v) is 8.07. The van der Waals surface area contributed by atoms with Gasteiger partial charge >= 0.3 is 5.97 Å². The molecule has 3 heterocycles. The van der Waals surface area contributed by atoms with Crippen LogP contribution in [0.5, 0.6) is 0 Å². The smallest absolute Gasteiger partial charge is 0.335 e. The van der Waals surface area contributed by atoms with Crippen molar-refractivity contribution in [2.45, 2.75) is 18.8 Å². The van der Waals surface area contributed by atoms with Crippen LogP contribution in [0.1, 0.15) is 34.9 Å². The summed E-state index contributed by atoms with van der Waals surface area (Å²) in [4.78, 5) is 10.9. The Morgan fingerprint density at radius 2 is 2.20 bits per heavy atom. The highest BCUT2D eigenvalue weighted by Crippen LogP contribution is 2.27. The third kappa shape index (κ3) is 2.26. The molecule has 0 radical (unpaired) electrons. The van der Waals surface area contributed by atoms with Crippen molar-refractivity contribution in [3.8, 4) is 0 Å². The molecular weight excluding hydrogens is 282 g/mol. The zero-order valence-electron chi connectivity index (χ0n) is 10.6. The Bertz CT molecular complexity index is 781. The third-order valence-corrected chi connectivity index (χ3v) is 5.33. The fourth-order valence-corrected chi connectivity index (χ4v) is 4.25. The molecule has 106 valence electrons. The Kier molecular flexibility index (Phi) is 2.97. The highest BCUT2D eigenvalue weighted by molar-refractivity contribution is 7.91. The Hall–Kier alpha value is -1.96. The molecular formula is C12H13N3O4S. The molecule has 1 N–H and O–H groups in total. The van der Waals surface area contributed by atoms with Crippen molar-refractivity contribution in [1.29, 1.82) is 0 Å². The van der Waals surface area contributed by atoms with Gasteiger partial charge < -0.3 is 5.11 Å². The first-order chi connectivity index (χ1) is 9.46. The predicted molar refractivity (Wildman–Crippen MR) is 70.6 cm³/mol. The molecule has 0 saturated carbocycles. The summed E-state index contributed by atoms with van der Waals surface area (Å²) in [6, 6.07) is 2.88. The number of pyridine rings is 1. The van der Waals surface area contributed by atoms with Crippen molar-refractivity contribution < 1.29 is 18.3 Å². The van der Waals surface area contributed by atoms with Gasteiger partial charge in [-0.05, 0) is 25.0 Å². The lowest BCUT2D eigenvalue weighted by Gasteiger charge is -2.20. The van der Waals surface area contributed by atoms with E-state index in [9.17, 15) is 13.2 Å². The molecule has 0 aliphatic carbocycles. The van der Waals surface area contributed by atoms with Gasteiger partial charge in [0, 0.05) is 12.1 Å². The molecule has 1 aliphatic rings. The molecule has 0 bridgehead atoms. The number of aromatic carboxylic acids is 1. The molecule has 2 aromatic rings. The number of carboxylic acids is 1. The Morgan fingerprint density at radius 3 is 2.90 bits per heavy atom. The molecule has 7 nitrogen and oxygen atoms in total. The van der Waals surface area contributed by atoms with Crippen molar-refractivity contribution in [3.05, 3.63) is 29.7 Å². The lowest BCUT2D eigenvalue weighted by molar-refractivity contribution is 0.0697. The minimum Gasteiger partial charge on any atom is -0.478 e. The molecule has 1 aliphatic heterocycles. The fourth-order valence-electron chi connectivity index (χ4n) is 2.55. The minimum absolute atomic E-state index is 0.0779. The predicted octanol–water partition coefficient (Wildman–Crippen LogP) is 0.720. The molecule has 0 aromatic carbocycles. The molecule has 1 atom stereocenters. The molecule has 0 amide bonds. The zero-order valence-corrected chi connectivity index (χ0v) is 11.4. The SMILES string of the molecule is O=C(O)c1ccn2c(C3CCCS(=O)(=O)C3)nnc2c1. The van der Waals surface area contributed by atoms with E-state index < -0.39 is 15.8 Å². The number of nitrogens with zero attached hydrogens (tertiary/aromatic N) is 3. The molecule has 1 saturated heterocycles. The van der Waals surface area contributed by atoms with Gasteiger partial charge in [0.1, 0.15) is 5.82 Å². The van der Waals surface area contributed by atoms with Crippen LogP contribution in [0.15, 0.2) is 18.3 Å². The summed E-state index contributed by atoms with van der Waals surface area (Å²) in [5.74, 6) is -0.324. The maximum Gasteiger partial charge on any atom is 0.335 e. The van der Waals surface area contributed by atoms with Crippen LogP contribution in [0.3, 0.4) is 0 Å². The number of hydrogen-bond acceptors (Lipinski definition) is 5. The van der Waals surface area contributed by atoms with Gasteiger partial charge in [-0.3, -0.25) is 4.40 Å². The van der Waals surface area contributed by atoms with Crippen molar-refractivity contribution >= 4 is 21.5 Å². The van der Waals surface area contributed by atoms with Gasteiger partial charge in [-0.2, -0.15) is 0 Å². The minimum atomic E-state index is -3.02. The van der Waals surface area contributed by atoms with E-state index in [-0.39, 0.29) is 23.0 Å². The van der Waals surface area contributed by atoms with E-state index in [0.29, 0.717) is 17.9 Å². The summed E-state index contributed by atoms with van der Waals surface area (Å²) in [6.07, 6.45) is 2.95. The van der Waals surface area contributed by atoms with Crippen molar-refractivity contribution in [3.63, 3.8) is 0 Å². The first kappa shape index (κ1) is 13.0. The summed E-state index contributed by atoms with van der Waals surface area (Å²) in [5.41, 5.74) is 0.551. The number of fused-ring (bicyclic) bond motifs is 1. The monoisotopic (exact) mass is 295 g/mol. The van der Waals surface area contributed by atoms with E-state index >= 15 is 0 Å². The highest BCUT2D eigenvalue weighted by Gasteiger charge is 2.29. The normalized spacial score (nSPS) is 21.9. The summed E-state index contributed by atoms with van der Waals surface area (Å²) < 4.78 is 25.1. The number of hydrogen-bond donors (Lipinski definition) is 1. The van der Waals surface area contributed by atoms with Gasteiger partial charge in [-0.25, -0.2) is 13.2 Å². The number of aromatic nitrogens is 3. The number of sulfone groups is 1. The number of rotatable bonds is 2. The summed E-state index contributed by atoms with van der Waals surface area (Å²) >= 11 is 0. The van der Waals surface area contributed by atoms with Crippen LogP contribution in [-0.2, 0) is 9.84 Å². The Balaban J connectivity index is 2.02. The van der Waals surface area contributed by atoms with Crippen LogP contribution in [0.25, 0.3) is 5.65 Å². The Labute approximate surface area is 115 Å². The number of carbonyl (C=O) groups is 1. The molecule has 8 heteroatoms. The van der Waals surface area contributed by atoms with E-state index in [4.69, 9.17) is 5.11 Å². The van der Waals surface area contributed by atoms with Gasteiger partial charge in [0.15, 0.2) is 15.5 Å². The van der Waals surface area contributed by atoms with Crippen LogP contribution >= 0.6 is 0 Å². The summed E-state index contributed by atoms with van der Waals surface area (Å²) in [7, 11) is -3.02. The van der Waals surface area contributed by atoms with Crippen LogP contribution < -0.4 is 0 Å². The third-order valence-electron chi connectivity index (χ3n) is 3.51. The molecule has 20 heavy (non-hydrogen) atoms. The van der Waals surface area contributed by atoms with Crippen LogP contribution in [0.4, 0.5) is 0 Å². The van der Waals surface area contributed by atoms with E-state index in [1.165, 1.54) is 12.1 Å². The topological polar surface area (TPSA) is 102 Å².